The van der Waals surface area contributed by atoms with Crippen molar-refractivity contribution in [1.29, 1.82) is 0 Å². The Hall–Kier alpha value is -1.43. The molecule has 3 nitrogen and oxygen atoms in total. The van der Waals surface area contributed by atoms with Crippen molar-refractivity contribution in [1.82, 2.24) is 0 Å². The maximum Gasteiger partial charge on any atom is 0.362 e. The minimum absolute atomic E-state index is 0.328. The predicted molar refractivity (Wildman–Crippen MR) is 139 cm³/mol. The number of halogens is 1. The third-order valence-corrected chi connectivity index (χ3v) is 8.53. The summed E-state index contributed by atoms with van der Waals surface area (Å²) in [6.07, 6.45) is 14.7. The molecule has 0 atom stereocenters. The van der Waals surface area contributed by atoms with Crippen molar-refractivity contribution in [3.05, 3.63) is 49.6 Å². The Morgan fingerprint density at radius 3 is 1.59 bits per heavy atom. The Labute approximate surface area is 219 Å². The maximum absolute atomic E-state index is 6.27. The quantitative estimate of drug-likeness (QED) is 0.149. The number of rotatable bonds is 20. The van der Waals surface area contributed by atoms with Crippen molar-refractivity contribution in [2.45, 2.75) is 97.8 Å². The van der Waals surface area contributed by atoms with Gasteiger partial charge in [-0.2, -0.15) is 0 Å². The molecule has 0 saturated heterocycles. The molecule has 0 fully saturated rings. The van der Waals surface area contributed by atoms with Gasteiger partial charge in [-0.15, -0.1) is 0 Å². The van der Waals surface area contributed by atoms with Gasteiger partial charge in [-0.3, -0.25) is 0 Å². The van der Waals surface area contributed by atoms with Gasteiger partial charge in [0.05, 0.1) is 19.8 Å². The third kappa shape index (κ3) is 12.3. The molecule has 0 saturated carbocycles. The van der Waals surface area contributed by atoms with Gasteiger partial charge in [-0.1, -0.05) is 78.6 Å². The Morgan fingerprint density at radius 1 is 0.529 bits per heavy atom. The highest BCUT2D eigenvalue weighted by Crippen LogP contribution is 2.21. The molecule has 0 amide bonds. The second kappa shape index (κ2) is 18.8. The second-order valence-corrected chi connectivity index (χ2v) is 11.8. The monoisotopic (exact) mass is 581 g/mol. The number of hydrogen-bond donors (Lipinski definition) is 0. The van der Waals surface area contributed by atoms with E-state index < -0.39 is 0 Å². The zero-order valence-corrected chi connectivity index (χ0v) is 23.9. The molecule has 2 aromatic carbocycles. The summed E-state index contributed by atoms with van der Waals surface area (Å²) < 4.78 is 20.9. The van der Waals surface area contributed by atoms with E-state index in [0.29, 0.717) is 0 Å². The first-order valence-corrected chi connectivity index (χ1v) is 15.7. The summed E-state index contributed by atoms with van der Waals surface area (Å²) in [7, 11) is 0. The van der Waals surface area contributed by atoms with E-state index in [1.54, 1.807) is 0 Å². The topological polar surface area (TPSA) is 27.7 Å². The molecular weight excluding hydrogens is 535 g/mol. The molecule has 0 unspecified atom stereocenters. The zero-order valence-electron chi connectivity index (χ0n) is 21.8. The Kier molecular flexibility index (Phi) is 16.0. The van der Waals surface area contributed by atoms with Gasteiger partial charge in [-0.25, -0.2) is 0 Å². The van der Waals surface area contributed by atoms with Gasteiger partial charge in [0.1, 0.15) is 11.5 Å². The number of hydrogen-bond acceptors (Lipinski definition) is 3. The number of ether oxygens (including phenoxy) is 3. The molecule has 0 spiro atoms. The van der Waals surface area contributed by atoms with Crippen LogP contribution in [0.25, 0.3) is 0 Å². The van der Waals surface area contributed by atoms with Crippen LogP contribution in [0.3, 0.4) is 0 Å². The second-order valence-electron chi connectivity index (χ2n) is 8.87. The fourth-order valence-corrected chi connectivity index (χ4v) is 5.95. The molecule has 34 heavy (non-hydrogen) atoms. The molecule has 0 radical (unpaired) electrons. The van der Waals surface area contributed by atoms with Gasteiger partial charge in [0.2, 0.25) is 3.57 Å². The lowest BCUT2D eigenvalue weighted by molar-refractivity contribution is -0.598. The summed E-state index contributed by atoms with van der Waals surface area (Å²) in [6, 6.07) is 15.1. The average Bonchev–Trinajstić information content (AvgIpc) is 2.86. The van der Waals surface area contributed by atoms with Crippen LogP contribution in [0, 0.1) is 7.14 Å². The highest BCUT2D eigenvalue weighted by atomic mass is 127. The van der Waals surface area contributed by atoms with Gasteiger partial charge < -0.3 is 14.2 Å². The first-order valence-electron chi connectivity index (χ1n) is 13.5. The fourth-order valence-electron chi connectivity index (χ4n) is 3.62. The van der Waals surface area contributed by atoms with Crippen molar-refractivity contribution in [2.24, 2.45) is 0 Å². The Morgan fingerprint density at radius 2 is 1.03 bits per heavy atom. The summed E-state index contributed by atoms with van der Waals surface area (Å²) in [4.78, 5) is 0. The van der Waals surface area contributed by atoms with E-state index in [9.17, 15) is 0 Å². The summed E-state index contributed by atoms with van der Waals surface area (Å²) in [5, 5.41) is 0. The number of benzene rings is 2. The minimum Gasteiger partial charge on any atom is -0.494 e. The molecule has 0 aliphatic carbocycles. The fraction of sp³-hybridized carbons (Fsp3) is 0.600. The van der Waals surface area contributed by atoms with E-state index in [4.69, 9.17) is 14.2 Å². The molecule has 0 heterocycles. The smallest absolute Gasteiger partial charge is 0.362 e. The molecule has 2 rings (SSSR count). The first kappa shape index (κ1) is 28.8. The van der Waals surface area contributed by atoms with Gasteiger partial charge in [0.15, 0.2) is 9.32 Å². The third-order valence-electron chi connectivity index (χ3n) is 5.72. The molecule has 0 aliphatic heterocycles. The predicted octanol–water partition coefficient (Wildman–Crippen LogP) is 5.69. The number of unbranched alkanes of at least 4 members (excludes halogenated alkanes) is 9. The molecule has 4 heteroatoms. The normalized spacial score (nSPS) is 10.9. The molecule has 0 bridgehead atoms. The van der Waals surface area contributed by atoms with Crippen LogP contribution in [-0.2, 0) is 0 Å². The summed E-state index contributed by atoms with van der Waals surface area (Å²) >= 11 is -0.328. The first-order chi connectivity index (χ1) is 16.8. The van der Waals surface area contributed by atoms with Crippen LogP contribution >= 0.6 is 0 Å². The van der Waals surface area contributed by atoms with E-state index >= 15 is 0 Å². The van der Waals surface area contributed by atoms with Crippen LogP contribution in [0.5, 0.6) is 17.2 Å². The highest BCUT2D eigenvalue weighted by Gasteiger charge is 2.22. The molecule has 0 aromatic heterocycles. The molecule has 0 aliphatic rings. The highest BCUT2D eigenvalue weighted by molar-refractivity contribution is 5.32. The largest absolute Gasteiger partial charge is 0.494 e. The molecule has 2 aromatic rings. The molecule has 190 valence electrons. The Balaban J connectivity index is 1.94. The van der Waals surface area contributed by atoms with Gasteiger partial charge in [0, 0.05) is 6.07 Å². The van der Waals surface area contributed by atoms with E-state index in [1.165, 1.54) is 64.9 Å². The van der Waals surface area contributed by atoms with Crippen molar-refractivity contribution in [2.75, 3.05) is 19.8 Å². The zero-order chi connectivity index (χ0) is 24.3. The lowest BCUT2D eigenvalue weighted by atomic mass is 10.2. The van der Waals surface area contributed by atoms with E-state index in [0.717, 1.165) is 56.3 Å². The van der Waals surface area contributed by atoms with Gasteiger partial charge in [-0.05, 0) is 55.7 Å². The molecular formula is C30H46IO3+. The van der Waals surface area contributed by atoms with Gasteiger partial charge in [0.25, 0.3) is 0 Å². The molecule has 0 N–H and O–H groups in total. The van der Waals surface area contributed by atoms with Crippen LogP contribution in [0.4, 0.5) is 0 Å². The summed E-state index contributed by atoms with van der Waals surface area (Å²) in [5.74, 6) is 2.91. The van der Waals surface area contributed by atoms with Crippen LogP contribution in [0.2, 0.25) is 0 Å². The van der Waals surface area contributed by atoms with E-state index in [1.807, 2.05) is 0 Å². The van der Waals surface area contributed by atoms with Crippen LogP contribution in [0.1, 0.15) is 97.8 Å². The minimum atomic E-state index is -0.328. The SMILES string of the molecule is CCCCCCOc1ccc([I+]c2ccc(OCCCCCC)cc2OCCCCCC)cc1. The van der Waals surface area contributed by atoms with Crippen molar-refractivity contribution >= 4 is 0 Å². The van der Waals surface area contributed by atoms with Crippen molar-refractivity contribution in [3.63, 3.8) is 0 Å². The lowest BCUT2D eigenvalue weighted by Crippen LogP contribution is -3.61. The van der Waals surface area contributed by atoms with E-state index in [-0.39, 0.29) is 21.2 Å². The lowest BCUT2D eigenvalue weighted by Gasteiger charge is -2.10. The van der Waals surface area contributed by atoms with Crippen LogP contribution in [0.15, 0.2) is 42.5 Å². The van der Waals surface area contributed by atoms with Crippen LogP contribution < -0.4 is 35.4 Å². The Bertz CT molecular complexity index is 760. The van der Waals surface area contributed by atoms with Crippen molar-refractivity contribution in [3.8, 4) is 17.2 Å². The summed E-state index contributed by atoms with van der Waals surface area (Å²) in [5.41, 5.74) is 0. The summed E-state index contributed by atoms with van der Waals surface area (Å²) in [6.45, 7) is 9.09. The van der Waals surface area contributed by atoms with Crippen LogP contribution in [-0.4, -0.2) is 19.8 Å². The van der Waals surface area contributed by atoms with Crippen molar-refractivity contribution < 1.29 is 35.4 Å². The maximum atomic E-state index is 6.27. The average molecular weight is 582 g/mol. The standard InChI is InChI=1S/C30H46IO3/c1-4-7-10-13-22-32-27-18-16-26(17-19-27)31-29-21-20-28(33-23-14-11-8-5-2)25-30(29)34-24-15-12-9-6-3/h16-21,25H,4-15,22-24H2,1-3H3/q+1. The van der Waals surface area contributed by atoms with Gasteiger partial charge >= 0.3 is 21.2 Å². The van der Waals surface area contributed by atoms with E-state index in [2.05, 4.69) is 63.2 Å².